The largest absolute Gasteiger partial charge is 0.496 e. The zero-order valence-corrected chi connectivity index (χ0v) is 22.5. The van der Waals surface area contributed by atoms with Crippen LogP contribution < -0.4 is 25.4 Å². The van der Waals surface area contributed by atoms with Gasteiger partial charge in [0.2, 0.25) is 5.88 Å². The second-order valence-corrected chi connectivity index (χ2v) is 9.37. The quantitative estimate of drug-likeness (QED) is 0.277. The van der Waals surface area contributed by atoms with Gasteiger partial charge in [-0.25, -0.2) is 24.3 Å². The Labute approximate surface area is 232 Å². The predicted molar refractivity (Wildman–Crippen MR) is 152 cm³/mol. The molecule has 0 amide bonds. The molecule has 0 aliphatic carbocycles. The number of nitrogens with one attached hydrogen (secondary N) is 1. The van der Waals surface area contributed by atoms with Crippen molar-refractivity contribution in [2.45, 2.75) is 18.9 Å². The van der Waals surface area contributed by atoms with Crippen LogP contribution in [0.4, 0.5) is 21.7 Å². The molecule has 0 unspecified atom stereocenters. The third-order valence-corrected chi connectivity index (χ3v) is 6.60. The van der Waals surface area contributed by atoms with Gasteiger partial charge in [0, 0.05) is 73.8 Å². The number of methoxy groups -OCH3 is 2. The Bertz CT molecular complexity index is 1440. The maximum atomic E-state index is 14.7. The molecule has 208 valence electrons. The maximum absolute atomic E-state index is 14.7. The molecule has 0 saturated carbocycles. The van der Waals surface area contributed by atoms with Crippen molar-refractivity contribution in [3.8, 4) is 34.1 Å². The Hall–Kier alpha value is -4.35. The molecule has 11 heteroatoms. The van der Waals surface area contributed by atoms with Gasteiger partial charge >= 0.3 is 0 Å². The average Bonchev–Trinajstić information content (AvgIpc) is 2.98. The van der Waals surface area contributed by atoms with E-state index in [0.717, 1.165) is 42.7 Å². The normalized spacial score (nSPS) is 15.1. The molecule has 1 fully saturated rings. The highest BCUT2D eigenvalue weighted by molar-refractivity contribution is 5.80. The standard InChI is InChI=1S/C29H32FN7O3/c1-38-13-14-40-27-9-8-19(16-34-27)21-17-33-26(15-23(21)37-12-4-5-20(31)18-37)35-25-10-11-32-29(36-25)28-22(30)6-3-7-24(28)39-2/h3,6-11,15-17,20H,4-5,12-14,18,31H2,1-2H3,(H,32,33,35,36)/t20-/m0/s1. The fraction of sp³-hybridized carbons (Fsp3) is 0.310. The van der Waals surface area contributed by atoms with Crippen LogP contribution in [0, 0.1) is 5.82 Å². The molecule has 1 aromatic carbocycles. The minimum Gasteiger partial charge on any atom is -0.496 e. The van der Waals surface area contributed by atoms with Gasteiger partial charge in [-0.1, -0.05) is 6.07 Å². The molecule has 1 aliphatic rings. The molecule has 1 atom stereocenters. The summed E-state index contributed by atoms with van der Waals surface area (Å²) in [5.41, 5.74) is 9.34. The van der Waals surface area contributed by atoms with Crippen LogP contribution >= 0.6 is 0 Å². The second-order valence-electron chi connectivity index (χ2n) is 9.37. The summed E-state index contributed by atoms with van der Waals surface area (Å²) in [6.07, 6.45) is 7.13. The highest BCUT2D eigenvalue weighted by Gasteiger charge is 2.21. The van der Waals surface area contributed by atoms with Gasteiger partial charge in [0.1, 0.15) is 29.8 Å². The van der Waals surface area contributed by atoms with Crippen molar-refractivity contribution in [1.29, 1.82) is 0 Å². The van der Waals surface area contributed by atoms with Crippen LogP contribution in [0.3, 0.4) is 0 Å². The van der Waals surface area contributed by atoms with E-state index < -0.39 is 5.82 Å². The van der Waals surface area contributed by atoms with Gasteiger partial charge in [0.15, 0.2) is 5.82 Å². The van der Waals surface area contributed by atoms with Gasteiger partial charge < -0.3 is 30.2 Å². The molecule has 4 heterocycles. The number of hydrogen-bond acceptors (Lipinski definition) is 10. The van der Waals surface area contributed by atoms with E-state index in [-0.39, 0.29) is 17.4 Å². The van der Waals surface area contributed by atoms with Crippen LogP contribution in [0.2, 0.25) is 0 Å². The Balaban J connectivity index is 1.45. The molecule has 40 heavy (non-hydrogen) atoms. The number of ether oxygens (including phenoxy) is 3. The van der Waals surface area contributed by atoms with Gasteiger partial charge in [-0.3, -0.25) is 0 Å². The average molecular weight is 546 g/mol. The summed E-state index contributed by atoms with van der Waals surface area (Å²) in [7, 11) is 3.11. The lowest BCUT2D eigenvalue weighted by Gasteiger charge is -2.34. The SMILES string of the molecule is COCCOc1ccc(-c2cnc(Nc3ccnc(-c4c(F)cccc4OC)n3)cc2N2CCC[C@H](N)C2)cn1. The fourth-order valence-electron chi connectivity index (χ4n) is 4.65. The molecule has 0 radical (unpaired) electrons. The molecule has 10 nitrogen and oxygen atoms in total. The van der Waals surface area contributed by atoms with E-state index in [1.54, 1.807) is 37.7 Å². The van der Waals surface area contributed by atoms with E-state index in [1.807, 2.05) is 24.4 Å². The number of pyridine rings is 2. The molecular weight excluding hydrogens is 513 g/mol. The second kappa shape index (κ2) is 12.7. The fourth-order valence-corrected chi connectivity index (χ4v) is 4.65. The lowest BCUT2D eigenvalue weighted by Crippen LogP contribution is -2.43. The van der Waals surface area contributed by atoms with Gasteiger partial charge in [-0.2, -0.15) is 0 Å². The molecule has 4 aromatic rings. The first-order chi connectivity index (χ1) is 19.6. The first-order valence-electron chi connectivity index (χ1n) is 13.1. The Morgan fingerprint density at radius 1 is 1.05 bits per heavy atom. The number of hydrogen-bond donors (Lipinski definition) is 2. The van der Waals surface area contributed by atoms with Crippen LogP contribution in [0.15, 0.2) is 61.1 Å². The number of aromatic nitrogens is 4. The summed E-state index contributed by atoms with van der Waals surface area (Å²) in [4.78, 5) is 20.2. The topological polar surface area (TPSA) is 121 Å². The number of nitrogens with zero attached hydrogens (tertiary/aromatic N) is 5. The smallest absolute Gasteiger partial charge is 0.213 e. The van der Waals surface area contributed by atoms with E-state index in [9.17, 15) is 4.39 Å². The third-order valence-electron chi connectivity index (χ3n) is 6.60. The van der Waals surface area contributed by atoms with Crippen molar-refractivity contribution in [2.24, 2.45) is 5.73 Å². The number of benzene rings is 1. The van der Waals surface area contributed by atoms with Crippen molar-refractivity contribution in [1.82, 2.24) is 19.9 Å². The predicted octanol–water partition coefficient (Wildman–Crippen LogP) is 4.44. The molecule has 1 saturated heterocycles. The van der Waals surface area contributed by atoms with Crippen molar-refractivity contribution in [2.75, 3.05) is 50.7 Å². The summed E-state index contributed by atoms with van der Waals surface area (Å²) in [6, 6.07) is 12.2. The summed E-state index contributed by atoms with van der Waals surface area (Å²) in [6.45, 7) is 2.52. The zero-order valence-electron chi connectivity index (χ0n) is 22.5. The van der Waals surface area contributed by atoms with Crippen LogP contribution in [0.5, 0.6) is 11.6 Å². The molecule has 3 aromatic heterocycles. The van der Waals surface area contributed by atoms with Crippen molar-refractivity contribution in [3.05, 3.63) is 66.9 Å². The highest BCUT2D eigenvalue weighted by atomic mass is 19.1. The van der Waals surface area contributed by atoms with Gasteiger partial charge in [-0.05, 0) is 37.1 Å². The lowest BCUT2D eigenvalue weighted by atomic mass is 10.0. The minimum atomic E-state index is -0.466. The third kappa shape index (κ3) is 6.27. The van der Waals surface area contributed by atoms with E-state index in [2.05, 4.69) is 30.2 Å². The molecule has 5 rings (SSSR count). The first-order valence-corrected chi connectivity index (χ1v) is 13.1. The number of rotatable bonds is 10. The maximum Gasteiger partial charge on any atom is 0.213 e. The van der Waals surface area contributed by atoms with Gasteiger partial charge in [0.05, 0.1) is 19.3 Å². The zero-order chi connectivity index (χ0) is 27.9. The van der Waals surface area contributed by atoms with E-state index in [4.69, 9.17) is 19.9 Å². The van der Waals surface area contributed by atoms with Crippen LogP contribution in [-0.2, 0) is 4.74 Å². The summed E-state index contributed by atoms with van der Waals surface area (Å²) in [5, 5.41) is 3.25. The summed E-state index contributed by atoms with van der Waals surface area (Å²) < 4.78 is 30.6. The Morgan fingerprint density at radius 2 is 1.95 bits per heavy atom. The van der Waals surface area contributed by atoms with Gasteiger partial charge in [-0.15, -0.1) is 0 Å². The van der Waals surface area contributed by atoms with E-state index in [0.29, 0.717) is 36.5 Å². The number of anilines is 3. The Kier molecular flexibility index (Phi) is 8.62. The van der Waals surface area contributed by atoms with Crippen molar-refractivity contribution < 1.29 is 18.6 Å². The molecule has 0 bridgehead atoms. The van der Waals surface area contributed by atoms with Crippen LogP contribution in [0.25, 0.3) is 22.5 Å². The monoisotopic (exact) mass is 545 g/mol. The summed E-state index contributed by atoms with van der Waals surface area (Å²) in [5.74, 6) is 1.67. The lowest BCUT2D eigenvalue weighted by molar-refractivity contribution is 0.144. The summed E-state index contributed by atoms with van der Waals surface area (Å²) >= 11 is 0. The Morgan fingerprint density at radius 3 is 2.73 bits per heavy atom. The van der Waals surface area contributed by atoms with Crippen LogP contribution in [-0.4, -0.2) is 66.5 Å². The number of halogens is 1. The molecule has 0 spiro atoms. The highest BCUT2D eigenvalue weighted by Crippen LogP contribution is 2.35. The molecular formula is C29H32FN7O3. The molecule has 3 N–H and O–H groups in total. The number of piperidine rings is 1. The first kappa shape index (κ1) is 27.2. The van der Waals surface area contributed by atoms with Crippen molar-refractivity contribution >= 4 is 17.3 Å². The van der Waals surface area contributed by atoms with Crippen LogP contribution in [0.1, 0.15) is 12.8 Å². The molecule has 1 aliphatic heterocycles. The van der Waals surface area contributed by atoms with E-state index >= 15 is 0 Å². The van der Waals surface area contributed by atoms with E-state index in [1.165, 1.54) is 13.2 Å². The van der Waals surface area contributed by atoms with Crippen molar-refractivity contribution in [3.63, 3.8) is 0 Å². The number of nitrogens with two attached hydrogens (primary N) is 1. The van der Waals surface area contributed by atoms with Gasteiger partial charge in [0.25, 0.3) is 0 Å². The minimum absolute atomic E-state index is 0.0843.